The van der Waals surface area contributed by atoms with Gasteiger partial charge in [0.15, 0.2) is 0 Å². The molecule has 1 aliphatic heterocycles. The molecule has 1 aliphatic rings. The minimum Gasteiger partial charge on any atom is -0.399 e. The van der Waals surface area contributed by atoms with Gasteiger partial charge in [-0.05, 0) is 65.5 Å². The number of anilines is 1. The van der Waals surface area contributed by atoms with Gasteiger partial charge < -0.3 is 35.1 Å². The van der Waals surface area contributed by atoms with E-state index in [4.69, 9.17) is 25.5 Å². The number of azide groups is 1. The number of allylic oxidation sites excluding steroid dienone is 3. The van der Waals surface area contributed by atoms with Gasteiger partial charge in [-0.3, -0.25) is 9.59 Å². The Kier molecular flexibility index (Phi) is 18.3. The zero-order valence-corrected chi connectivity index (χ0v) is 30.1. The molecule has 1 aromatic carbocycles. The molecule has 1 aromatic rings. The Labute approximate surface area is 287 Å². The summed E-state index contributed by atoms with van der Waals surface area (Å²) in [7, 11) is 3.54. The Bertz CT molecular complexity index is 1240. The van der Waals surface area contributed by atoms with E-state index in [2.05, 4.69) is 67.8 Å². The molecule has 0 aromatic heterocycles. The quantitative estimate of drug-likeness (QED) is 0.0427. The van der Waals surface area contributed by atoms with E-state index >= 15 is 0 Å². The number of nitrogens with zero attached hydrogens (tertiary/aromatic N) is 5. The smallest absolute Gasteiger partial charge is 0.239 e. The van der Waals surface area contributed by atoms with Gasteiger partial charge in [0.05, 0.1) is 51.7 Å². The van der Waals surface area contributed by atoms with E-state index in [-0.39, 0.29) is 35.2 Å². The van der Waals surface area contributed by atoms with Gasteiger partial charge in [-0.15, -0.1) is 0 Å². The predicted molar refractivity (Wildman–Crippen MR) is 192 cm³/mol. The number of nitrogen functional groups attached to an aromatic ring is 1. The molecule has 0 bridgehead atoms. The van der Waals surface area contributed by atoms with Crippen molar-refractivity contribution in [1.29, 1.82) is 0 Å². The van der Waals surface area contributed by atoms with E-state index in [0.29, 0.717) is 72.1 Å². The van der Waals surface area contributed by atoms with Crippen molar-refractivity contribution in [3.8, 4) is 0 Å². The van der Waals surface area contributed by atoms with Crippen LogP contribution in [-0.2, 0) is 30.2 Å². The Balaban J connectivity index is 1.58. The number of amides is 2. The summed E-state index contributed by atoms with van der Waals surface area (Å²) in [5.74, 6) is 0.262. The molecule has 0 saturated carbocycles. The molecule has 2 unspecified atom stereocenters. The number of rotatable bonds is 22. The van der Waals surface area contributed by atoms with E-state index < -0.39 is 0 Å². The number of hydrogen-bond acceptors (Lipinski definition) is 8. The Morgan fingerprint density at radius 1 is 1.10 bits per heavy atom. The van der Waals surface area contributed by atoms with Crippen molar-refractivity contribution in [2.24, 2.45) is 10.5 Å². The van der Waals surface area contributed by atoms with E-state index in [1.807, 2.05) is 12.1 Å². The second kappa shape index (κ2) is 21.5. The average molecular weight is 670 g/mol. The van der Waals surface area contributed by atoms with Crippen LogP contribution in [0.25, 0.3) is 10.4 Å². The maximum absolute atomic E-state index is 12.8. The number of nitrogens with two attached hydrogens (primary N) is 1. The molecular formula is C36H59N7O5. The number of ether oxygens (including phenoxy) is 3. The summed E-state index contributed by atoms with van der Waals surface area (Å²) in [5.41, 5.74) is 19.0. The zero-order chi connectivity index (χ0) is 35.5. The first-order chi connectivity index (χ1) is 22.9. The Morgan fingerprint density at radius 3 is 2.33 bits per heavy atom. The SMILES string of the molecule is C=C(/C=C\C(C)(C)C)C(CC)c1ccc(N)cc1CCCC(=O)N(C)CCOCCOCCOCCN(C)C(=O)[C@@H]1CC(N=[N+]=[N-])CN1. The van der Waals surface area contributed by atoms with Gasteiger partial charge in [0, 0.05) is 56.7 Å². The molecular weight excluding hydrogens is 610 g/mol. The summed E-state index contributed by atoms with van der Waals surface area (Å²) in [4.78, 5) is 31.4. The highest BCUT2D eigenvalue weighted by molar-refractivity contribution is 5.82. The van der Waals surface area contributed by atoms with Gasteiger partial charge in [-0.25, -0.2) is 0 Å². The fraction of sp³-hybridized carbons (Fsp3) is 0.667. The first-order valence-electron chi connectivity index (χ1n) is 17.1. The van der Waals surface area contributed by atoms with Crippen LogP contribution in [0.4, 0.5) is 5.69 Å². The normalized spacial score (nSPS) is 16.9. The first kappa shape index (κ1) is 40.8. The third-order valence-electron chi connectivity index (χ3n) is 8.34. The van der Waals surface area contributed by atoms with Crippen molar-refractivity contribution in [1.82, 2.24) is 15.1 Å². The van der Waals surface area contributed by atoms with Crippen molar-refractivity contribution in [3.63, 3.8) is 0 Å². The maximum atomic E-state index is 12.8. The molecule has 1 heterocycles. The van der Waals surface area contributed by atoms with Crippen LogP contribution in [0.15, 0.2) is 47.6 Å². The molecule has 1 fully saturated rings. The van der Waals surface area contributed by atoms with Crippen molar-refractivity contribution >= 4 is 17.5 Å². The Morgan fingerprint density at radius 2 is 1.73 bits per heavy atom. The van der Waals surface area contributed by atoms with Crippen molar-refractivity contribution in [2.75, 3.05) is 79.1 Å². The minimum atomic E-state index is -0.327. The monoisotopic (exact) mass is 669 g/mol. The van der Waals surface area contributed by atoms with Crippen LogP contribution >= 0.6 is 0 Å². The zero-order valence-electron chi connectivity index (χ0n) is 30.1. The third kappa shape index (κ3) is 15.2. The van der Waals surface area contributed by atoms with E-state index in [1.54, 1.807) is 23.9 Å². The first-order valence-corrected chi connectivity index (χ1v) is 17.1. The summed E-state index contributed by atoms with van der Waals surface area (Å²) in [6.07, 6.45) is 7.76. The molecule has 2 amide bonds. The second-order valence-electron chi connectivity index (χ2n) is 13.5. The maximum Gasteiger partial charge on any atom is 0.239 e. The summed E-state index contributed by atoms with van der Waals surface area (Å²) in [6.45, 7) is 17.1. The fourth-order valence-electron chi connectivity index (χ4n) is 5.47. The number of likely N-dealkylation sites (N-methyl/N-ethyl adjacent to an activating group) is 2. The summed E-state index contributed by atoms with van der Waals surface area (Å²) < 4.78 is 16.8. The highest BCUT2D eigenvalue weighted by Gasteiger charge is 2.30. The van der Waals surface area contributed by atoms with Crippen LogP contribution in [0.5, 0.6) is 0 Å². The molecule has 12 nitrogen and oxygen atoms in total. The van der Waals surface area contributed by atoms with Crippen LogP contribution in [-0.4, -0.2) is 107 Å². The summed E-state index contributed by atoms with van der Waals surface area (Å²) >= 11 is 0. The van der Waals surface area contributed by atoms with Gasteiger partial charge >= 0.3 is 0 Å². The average Bonchev–Trinajstić information content (AvgIpc) is 3.51. The molecule has 0 aliphatic carbocycles. The highest BCUT2D eigenvalue weighted by Crippen LogP contribution is 2.33. The fourth-order valence-corrected chi connectivity index (χ4v) is 5.47. The number of aryl methyl sites for hydroxylation is 1. The molecule has 0 radical (unpaired) electrons. The van der Waals surface area contributed by atoms with Crippen LogP contribution in [0, 0.1) is 5.41 Å². The molecule has 268 valence electrons. The number of benzene rings is 1. The van der Waals surface area contributed by atoms with Crippen molar-refractivity contribution in [2.45, 2.75) is 77.8 Å². The Hall–Kier alpha value is -3.41. The minimum absolute atomic E-state index is 0.0331. The van der Waals surface area contributed by atoms with E-state index in [1.165, 1.54) is 11.1 Å². The number of hydrogen-bond donors (Lipinski definition) is 2. The topological polar surface area (TPSA) is 155 Å². The van der Waals surface area contributed by atoms with Crippen molar-refractivity contribution < 1.29 is 23.8 Å². The lowest BCUT2D eigenvalue weighted by Gasteiger charge is -2.22. The van der Waals surface area contributed by atoms with Crippen LogP contribution in [0.2, 0.25) is 0 Å². The molecule has 0 spiro atoms. The largest absolute Gasteiger partial charge is 0.399 e. The van der Waals surface area contributed by atoms with Crippen molar-refractivity contribution in [3.05, 3.63) is 64.1 Å². The lowest BCUT2D eigenvalue weighted by atomic mass is 9.83. The van der Waals surface area contributed by atoms with Gasteiger partial charge in [0.1, 0.15) is 0 Å². The van der Waals surface area contributed by atoms with Crippen LogP contribution in [0.3, 0.4) is 0 Å². The van der Waals surface area contributed by atoms with E-state index in [9.17, 15) is 9.59 Å². The number of carbonyl (C=O) groups excluding carboxylic acids is 2. The second-order valence-corrected chi connectivity index (χ2v) is 13.5. The molecule has 2 rings (SSSR count). The number of carbonyl (C=O) groups is 2. The lowest BCUT2D eigenvalue weighted by Crippen LogP contribution is -2.42. The highest BCUT2D eigenvalue weighted by atomic mass is 16.5. The molecule has 3 atom stereocenters. The lowest BCUT2D eigenvalue weighted by molar-refractivity contribution is -0.132. The van der Waals surface area contributed by atoms with Gasteiger partial charge in [0.25, 0.3) is 0 Å². The molecule has 3 N–H and O–H groups in total. The molecule has 48 heavy (non-hydrogen) atoms. The number of nitrogens with one attached hydrogen (secondary N) is 1. The van der Waals surface area contributed by atoms with Gasteiger partial charge in [0.2, 0.25) is 11.8 Å². The van der Waals surface area contributed by atoms with Gasteiger partial charge in [-0.2, -0.15) is 0 Å². The third-order valence-corrected chi connectivity index (χ3v) is 8.34. The van der Waals surface area contributed by atoms with Crippen LogP contribution in [0.1, 0.15) is 70.4 Å². The predicted octanol–water partition coefficient (Wildman–Crippen LogP) is 5.25. The van der Waals surface area contributed by atoms with Gasteiger partial charge in [-0.1, -0.05) is 57.6 Å². The standard InChI is InChI=1S/C36H59N7O5/c1-8-31(27(2)14-15-36(3,4)5)32-13-12-29(37)24-28(32)10-9-11-34(44)42(6)16-18-46-20-22-48-23-21-47-19-17-43(7)35(45)33-25-30(26-39-33)40-41-38/h12-15,24,30-31,33,39H,2,8-11,16-23,25-26,37H2,1,3-7H3/b15-14-/t30?,31?,33-/m0/s1. The summed E-state index contributed by atoms with van der Waals surface area (Å²) in [6, 6.07) is 5.59. The molecule has 12 heteroatoms. The van der Waals surface area contributed by atoms with E-state index in [0.717, 1.165) is 30.5 Å². The summed E-state index contributed by atoms with van der Waals surface area (Å²) in [5, 5.41) is 6.77. The van der Waals surface area contributed by atoms with Crippen LogP contribution < -0.4 is 11.1 Å². The molecule has 1 saturated heterocycles.